The number of amides is 3. The highest BCUT2D eigenvalue weighted by atomic mass is 16.5. The van der Waals surface area contributed by atoms with Gasteiger partial charge in [-0.25, -0.2) is 0 Å². The van der Waals surface area contributed by atoms with Crippen LogP contribution in [0.2, 0.25) is 0 Å². The summed E-state index contributed by atoms with van der Waals surface area (Å²) in [5.41, 5.74) is 3.28. The van der Waals surface area contributed by atoms with Crippen LogP contribution in [-0.4, -0.2) is 49.0 Å². The number of carbonyl (C=O) groups is 3. The van der Waals surface area contributed by atoms with E-state index in [4.69, 9.17) is 4.74 Å². The highest BCUT2D eigenvalue weighted by Gasteiger charge is 2.12. The molecule has 36 heavy (non-hydrogen) atoms. The summed E-state index contributed by atoms with van der Waals surface area (Å²) in [6.45, 7) is 7.11. The van der Waals surface area contributed by atoms with Gasteiger partial charge >= 0.3 is 0 Å². The molecule has 0 unspecified atom stereocenters. The summed E-state index contributed by atoms with van der Waals surface area (Å²) in [4.78, 5) is 35.3. The van der Waals surface area contributed by atoms with Crippen molar-refractivity contribution in [1.29, 1.82) is 0 Å². The van der Waals surface area contributed by atoms with Crippen LogP contribution in [0.5, 0.6) is 5.75 Å². The summed E-state index contributed by atoms with van der Waals surface area (Å²) in [5, 5.41) is 7.32. The fourth-order valence-corrected chi connectivity index (χ4v) is 3.80. The minimum absolute atomic E-state index is 0.0720. The zero-order valence-corrected chi connectivity index (χ0v) is 22.7. The number of rotatable bonds is 20. The number of nitrogens with zero attached hydrogens (tertiary/aromatic N) is 1. The van der Waals surface area contributed by atoms with Crippen molar-refractivity contribution in [3.8, 4) is 5.75 Å². The maximum Gasteiger partial charge on any atom is 0.260 e. The Morgan fingerprint density at radius 3 is 2.03 bits per heavy atom. The van der Waals surface area contributed by atoms with Crippen molar-refractivity contribution in [3.63, 3.8) is 0 Å². The number of anilines is 1. The molecule has 0 aliphatic heterocycles. The number of hydrazine groups is 1. The quantitative estimate of drug-likeness (QED) is 0.168. The summed E-state index contributed by atoms with van der Waals surface area (Å²) in [6, 6.07) is 7.31. The molecule has 0 aromatic heterocycles. The number of hydrogen-bond donors (Lipinski definition) is 3. The monoisotopic (exact) mass is 504 g/mol. The zero-order chi connectivity index (χ0) is 26.4. The van der Waals surface area contributed by atoms with Crippen LogP contribution in [0.15, 0.2) is 24.3 Å². The van der Waals surface area contributed by atoms with Crippen LogP contribution >= 0.6 is 0 Å². The van der Waals surface area contributed by atoms with Gasteiger partial charge in [-0.15, -0.1) is 0 Å². The van der Waals surface area contributed by atoms with Crippen molar-refractivity contribution in [2.75, 3.05) is 31.6 Å². The number of unbranched alkanes of at least 4 members (excludes halogenated alkanes) is 9. The van der Waals surface area contributed by atoms with Crippen molar-refractivity contribution in [2.24, 2.45) is 0 Å². The Balaban J connectivity index is 2.06. The molecule has 8 nitrogen and oxygen atoms in total. The first kappa shape index (κ1) is 31.3. The molecule has 1 rings (SSSR count). The average Bonchev–Trinajstić information content (AvgIpc) is 2.87. The number of carbonyl (C=O) groups excluding carboxylic acids is 3. The van der Waals surface area contributed by atoms with E-state index in [2.05, 4.69) is 23.0 Å². The van der Waals surface area contributed by atoms with Crippen LogP contribution < -0.4 is 20.8 Å². The van der Waals surface area contributed by atoms with Crippen LogP contribution in [0.4, 0.5) is 5.69 Å². The van der Waals surface area contributed by atoms with E-state index in [9.17, 15) is 14.4 Å². The maximum atomic E-state index is 12.1. The van der Waals surface area contributed by atoms with E-state index < -0.39 is 0 Å². The van der Waals surface area contributed by atoms with E-state index in [1.165, 1.54) is 69.7 Å². The van der Waals surface area contributed by atoms with E-state index in [0.29, 0.717) is 31.7 Å². The van der Waals surface area contributed by atoms with Crippen LogP contribution in [0.3, 0.4) is 0 Å². The number of nitrogens with one attached hydrogen (secondary N) is 3. The van der Waals surface area contributed by atoms with E-state index in [0.717, 1.165) is 18.7 Å². The molecule has 3 N–H and O–H groups in total. The van der Waals surface area contributed by atoms with Gasteiger partial charge in [0.05, 0.1) is 13.2 Å². The molecule has 0 aliphatic carbocycles. The summed E-state index contributed by atoms with van der Waals surface area (Å²) < 4.78 is 5.72. The maximum absolute atomic E-state index is 12.1. The van der Waals surface area contributed by atoms with Gasteiger partial charge in [-0.3, -0.25) is 24.8 Å². The molecule has 0 radical (unpaired) electrons. The summed E-state index contributed by atoms with van der Waals surface area (Å²) >= 11 is 0. The van der Waals surface area contributed by atoms with Crippen molar-refractivity contribution in [2.45, 2.75) is 97.8 Å². The molecule has 0 fully saturated rings. The largest absolute Gasteiger partial charge is 0.494 e. The number of hydrogen-bond acceptors (Lipinski definition) is 5. The molecule has 0 saturated heterocycles. The fourth-order valence-electron chi connectivity index (χ4n) is 3.80. The minimum Gasteiger partial charge on any atom is -0.494 e. The van der Waals surface area contributed by atoms with Gasteiger partial charge in [-0.05, 0) is 44.0 Å². The zero-order valence-electron chi connectivity index (χ0n) is 22.7. The average molecular weight is 505 g/mol. The van der Waals surface area contributed by atoms with Gasteiger partial charge in [-0.1, -0.05) is 64.7 Å². The van der Waals surface area contributed by atoms with Gasteiger partial charge in [0, 0.05) is 32.1 Å². The third kappa shape index (κ3) is 16.0. The lowest BCUT2D eigenvalue weighted by Crippen LogP contribution is -2.47. The van der Waals surface area contributed by atoms with E-state index >= 15 is 0 Å². The third-order valence-electron chi connectivity index (χ3n) is 5.88. The van der Waals surface area contributed by atoms with Crippen LogP contribution in [0.25, 0.3) is 0 Å². The molecule has 3 amide bonds. The van der Waals surface area contributed by atoms with E-state index in [1.807, 2.05) is 24.3 Å². The Labute approximate surface area is 217 Å². The predicted molar refractivity (Wildman–Crippen MR) is 146 cm³/mol. The first-order valence-corrected chi connectivity index (χ1v) is 13.8. The molecule has 8 heteroatoms. The lowest BCUT2D eigenvalue weighted by Gasteiger charge is -2.21. The lowest BCUT2D eigenvalue weighted by molar-refractivity contribution is -0.139. The third-order valence-corrected chi connectivity index (χ3v) is 5.88. The van der Waals surface area contributed by atoms with E-state index in [1.54, 1.807) is 6.92 Å². The Hall–Kier alpha value is -2.77. The second-order valence-corrected chi connectivity index (χ2v) is 9.17. The second kappa shape index (κ2) is 20.4. The van der Waals surface area contributed by atoms with Gasteiger partial charge in [0.15, 0.2) is 0 Å². The Kier molecular flexibility index (Phi) is 17.7. The van der Waals surface area contributed by atoms with Gasteiger partial charge in [0.1, 0.15) is 5.75 Å². The molecule has 0 saturated carbocycles. The fraction of sp³-hybridized carbons (Fsp3) is 0.679. The Bertz CT molecular complexity index is 740. The van der Waals surface area contributed by atoms with Crippen molar-refractivity contribution in [1.82, 2.24) is 15.8 Å². The summed E-state index contributed by atoms with van der Waals surface area (Å²) in [5.74, 6) is 0.294. The van der Waals surface area contributed by atoms with Crippen molar-refractivity contribution >= 4 is 23.4 Å². The van der Waals surface area contributed by atoms with E-state index in [-0.39, 0.29) is 24.3 Å². The van der Waals surface area contributed by atoms with Crippen LogP contribution in [-0.2, 0) is 14.4 Å². The smallest absolute Gasteiger partial charge is 0.260 e. The second-order valence-electron chi connectivity index (χ2n) is 9.17. The molecule has 0 aliphatic rings. The molecule has 204 valence electrons. The first-order valence-electron chi connectivity index (χ1n) is 13.8. The van der Waals surface area contributed by atoms with Crippen LogP contribution in [0.1, 0.15) is 97.8 Å². The van der Waals surface area contributed by atoms with Gasteiger partial charge in [0.2, 0.25) is 11.8 Å². The Morgan fingerprint density at radius 2 is 1.44 bits per heavy atom. The highest BCUT2D eigenvalue weighted by molar-refractivity contribution is 5.83. The number of likely N-dealkylation sites (N-methyl/N-ethyl adjacent to an activating group) is 1. The molecule has 0 atom stereocenters. The number of ether oxygens (including phenoxy) is 1. The molecule has 0 spiro atoms. The molecule has 0 heterocycles. The molecule has 0 bridgehead atoms. The Morgan fingerprint density at radius 1 is 0.833 bits per heavy atom. The normalized spacial score (nSPS) is 10.5. The molecular formula is C28H48N4O4. The predicted octanol–water partition coefficient (Wildman–Crippen LogP) is 5.19. The molecule has 1 aromatic carbocycles. The topological polar surface area (TPSA) is 99.8 Å². The minimum atomic E-state index is -0.279. The van der Waals surface area contributed by atoms with Gasteiger partial charge in [0.25, 0.3) is 5.91 Å². The first-order chi connectivity index (χ1) is 17.5. The van der Waals surface area contributed by atoms with Crippen LogP contribution in [0, 0.1) is 0 Å². The number of benzene rings is 1. The standard InChI is InChI=1S/C28H48N4O4/c1-4-6-7-8-9-10-11-12-13-14-21-29-27(34)16-15-22-36-26-19-17-25(18-20-26)30-23-28(35)32(5-2)31-24(3)33/h17-20,30H,4-16,21-23H2,1-3H3,(H,29,34)(H,31,33). The summed E-state index contributed by atoms with van der Waals surface area (Å²) in [7, 11) is 0. The molecule has 1 aromatic rings. The highest BCUT2D eigenvalue weighted by Crippen LogP contribution is 2.16. The summed E-state index contributed by atoms with van der Waals surface area (Å²) in [6.07, 6.45) is 14.0. The SMILES string of the molecule is CCCCCCCCCCCCNC(=O)CCCOc1ccc(NCC(=O)N(CC)NC(C)=O)cc1. The van der Waals surface area contributed by atoms with Crippen molar-refractivity contribution < 1.29 is 19.1 Å². The molecular weight excluding hydrogens is 456 g/mol. The lowest BCUT2D eigenvalue weighted by atomic mass is 10.1. The van der Waals surface area contributed by atoms with Gasteiger partial charge < -0.3 is 15.4 Å². The van der Waals surface area contributed by atoms with Gasteiger partial charge in [-0.2, -0.15) is 0 Å². The van der Waals surface area contributed by atoms with Crippen molar-refractivity contribution in [3.05, 3.63) is 24.3 Å².